The SMILES string of the molecule is O=C(Cc1ccc2c(c1)OCCO2)Nc1ccc2c(c1)S(O)(O)C=C2. The van der Waals surface area contributed by atoms with E-state index in [9.17, 15) is 13.9 Å². The van der Waals surface area contributed by atoms with Crippen molar-refractivity contribution in [2.75, 3.05) is 18.5 Å². The Hall–Kier alpha value is -2.48. The number of fused-ring (bicyclic) bond motifs is 2. The van der Waals surface area contributed by atoms with Crippen LogP contribution in [0.5, 0.6) is 11.5 Å². The summed E-state index contributed by atoms with van der Waals surface area (Å²) in [4.78, 5) is 12.7. The van der Waals surface area contributed by atoms with Gasteiger partial charge in [-0.25, -0.2) is 0 Å². The number of amides is 1. The van der Waals surface area contributed by atoms with E-state index in [1.165, 1.54) is 5.41 Å². The van der Waals surface area contributed by atoms with Gasteiger partial charge in [0.2, 0.25) is 5.91 Å². The van der Waals surface area contributed by atoms with Crippen molar-refractivity contribution in [2.24, 2.45) is 0 Å². The number of ether oxygens (including phenoxy) is 2. The molecule has 0 spiro atoms. The van der Waals surface area contributed by atoms with E-state index in [4.69, 9.17) is 9.47 Å². The third kappa shape index (κ3) is 3.21. The molecule has 0 bridgehead atoms. The molecule has 130 valence electrons. The summed E-state index contributed by atoms with van der Waals surface area (Å²) in [5.74, 6) is 1.14. The predicted octanol–water partition coefficient (Wildman–Crippen LogP) is 3.73. The maximum absolute atomic E-state index is 12.3. The molecule has 6 nitrogen and oxygen atoms in total. The third-order valence-electron chi connectivity index (χ3n) is 4.03. The molecule has 0 aliphatic carbocycles. The average Bonchev–Trinajstić information content (AvgIpc) is 2.89. The minimum atomic E-state index is -2.90. The van der Waals surface area contributed by atoms with Crippen LogP contribution in [0.3, 0.4) is 0 Å². The Labute approximate surface area is 146 Å². The molecule has 2 aliphatic heterocycles. The van der Waals surface area contributed by atoms with E-state index in [1.807, 2.05) is 6.07 Å². The average molecular weight is 359 g/mol. The van der Waals surface area contributed by atoms with Crippen LogP contribution >= 0.6 is 10.6 Å². The molecule has 2 heterocycles. The molecule has 25 heavy (non-hydrogen) atoms. The first-order chi connectivity index (χ1) is 12.0. The smallest absolute Gasteiger partial charge is 0.228 e. The predicted molar refractivity (Wildman–Crippen MR) is 96.4 cm³/mol. The molecule has 3 N–H and O–H groups in total. The lowest BCUT2D eigenvalue weighted by Gasteiger charge is -2.25. The second kappa shape index (κ2) is 6.11. The quantitative estimate of drug-likeness (QED) is 0.777. The van der Waals surface area contributed by atoms with E-state index >= 15 is 0 Å². The van der Waals surface area contributed by atoms with Crippen LogP contribution in [0, 0.1) is 0 Å². The van der Waals surface area contributed by atoms with E-state index in [0.29, 0.717) is 35.3 Å². The molecule has 2 aromatic carbocycles. The largest absolute Gasteiger partial charge is 0.486 e. The van der Waals surface area contributed by atoms with Gasteiger partial charge in [0.05, 0.1) is 11.3 Å². The normalized spacial score (nSPS) is 17.7. The highest BCUT2D eigenvalue weighted by Gasteiger charge is 2.22. The molecule has 2 aliphatic rings. The Morgan fingerprint density at radius 2 is 1.88 bits per heavy atom. The van der Waals surface area contributed by atoms with Gasteiger partial charge in [-0.05, 0) is 41.5 Å². The standard InChI is InChI=1S/C18H17NO5S/c20-18(10-12-1-4-15-16(9-12)24-7-6-23-15)19-14-3-2-13-5-8-25(21,22)17(13)11-14/h1-5,8-9,11,21-22H,6-7,10H2,(H,19,20). The Kier molecular flexibility index (Phi) is 3.91. The van der Waals surface area contributed by atoms with Crippen molar-refractivity contribution >= 4 is 28.3 Å². The highest BCUT2D eigenvalue weighted by Crippen LogP contribution is 2.56. The van der Waals surface area contributed by atoms with Crippen LogP contribution in [0.15, 0.2) is 46.7 Å². The van der Waals surface area contributed by atoms with Crippen molar-refractivity contribution in [1.82, 2.24) is 0 Å². The van der Waals surface area contributed by atoms with Crippen molar-refractivity contribution in [3.05, 3.63) is 52.9 Å². The summed E-state index contributed by atoms with van der Waals surface area (Å²) in [6.07, 6.45) is 1.85. The van der Waals surface area contributed by atoms with E-state index in [2.05, 4.69) is 5.32 Å². The summed E-state index contributed by atoms with van der Waals surface area (Å²) in [6, 6.07) is 10.5. The zero-order chi connectivity index (χ0) is 17.4. The van der Waals surface area contributed by atoms with Gasteiger partial charge >= 0.3 is 0 Å². The topological polar surface area (TPSA) is 88.0 Å². The van der Waals surface area contributed by atoms with Crippen molar-refractivity contribution in [2.45, 2.75) is 11.3 Å². The first-order valence-electron chi connectivity index (χ1n) is 7.80. The molecule has 0 radical (unpaired) electrons. The second-order valence-electron chi connectivity index (χ2n) is 5.85. The fourth-order valence-corrected chi connectivity index (χ4v) is 4.11. The zero-order valence-corrected chi connectivity index (χ0v) is 14.1. The van der Waals surface area contributed by atoms with E-state index in [0.717, 1.165) is 11.1 Å². The number of carbonyl (C=O) groups excluding carboxylic acids is 1. The Balaban J connectivity index is 1.46. The Bertz CT molecular complexity index is 878. The Morgan fingerprint density at radius 3 is 2.72 bits per heavy atom. The minimum absolute atomic E-state index is 0.183. The summed E-state index contributed by atoms with van der Waals surface area (Å²) in [5, 5.41) is 4.18. The van der Waals surface area contributed by atoms with Gasteiger partial charge in [-0.15, -0.1) is 10.6 Å². The van der Waals surface area contributed by atoms with Crippen LogP contribution in [0.4, 0.5) is 5.69 Å². The molecule has 1 amide bonds. The monoisotopic (exact) mass is 359 g/mol. The van der Waals surface area contributed by atoms with Gasteiger partial charge in [0.1, 0.15) is 13.2 Å². The lowest BCUT2D eigenvalue weighted by molar-refractivity contribution is -0.115. The third-order valence-corrected chi connectivity index (χ3v) is 5.55. The summed E-state index contributed by atoms with van der Waals surface area (Å²) in [6.45, 7) is 1.03. The molecule has 0 fully saturated rings. The maximum atomic E-state index is 12.3. The van der Waals surface area contributed by atoms with Gasteiger partial charge in [0.15, 0.2) is 11.5 Å². The van der Waals surface area contributed by atoms with Gasteiger partial charge in [0, 0.05) is 11.1 Å². The number of hydrogen-bond donors (Lipinski definition) is 3. The van der Waals surface area contributed by atoms with Gasteiger partial charge in [-0.1, -0.05) is 12.1 Å². The molecule has 0 saturated heterocycles. The van der Waals surface area contributed by atoms with Crippen molar-refractivity contribution in [1.29, 1.82) is 0 Å². The summed E-state index contributed by atoms with van der Waals surface area (Å²) < 4.78 is 30.9. The lowest BCUT2D eigenvalue weighted by atomic mass is 10.1. The van der Waals surface area contributed by atoms with Crippen LogP contribution in [0.2, 0.25) is 0 Å². The number of anilines is 1. The molecule has 0 saturated carbocycles. The minimum Gasteiger partial charge on any atom is -0.486 e. The fraction of sp³-hybridized carbons (Fsp3) is 0.167. The zero-order valence-electron chi connectivity index (χ0n) is 13.3. The number of carbonyl (C=O) groups is 1. The van der Waals surface area contributed by atoms with Gasteiger partial charge in [-0.2, -0.15) is 0 Å². The molecule has 0 atom stereocenters. The number of nitrogens with one attached hydrogen (secondary N) is 1. The molecule has 7 heteroatoms. The van der Waals surface area contributed by atoms with Crippen LogP contribution in [-0.4, -0.2) is 28.2 Å². The van der Waals surface area contributed by atoms with Crippen LogP contribution in [0.1, 0.15) is 11.1 Å². The van der Waals surface area contributed by atoms with Crippen LogP contribution in [-0.2, 0) is 11.2 Å². The molecule has 2 aromatic rings. The van der Waals surface area contributed by atoms with E-state index < -0.39 is 10.6 Å². The van der Waals surface area contributed by atoms with Crippen molar-refractivity contribution in [3.8, 4) is 11.5 Å². The number of rotatable bonds is 3. The fourth-order valence-electron chi connectivity index (χ4n) is 2.84. The summed E-state index contributed by atoms with van der Waals surface area (Å²) in [7, 11) is -2.90. The highest BCUT2D eigenvalue weighted by atomic mass is 32.3. The van der Waals surface area contributed by atoms with E-state index in [1.54, 1.807) is 36.4 Å². The maximum Gasteiger partial charge on any atom is 0.228 e. The second-order valence-corrected chi connectivity index (χ2v) is 7.75. The van der Waals surface area contributed by atoms with Gasteiger partial charge < -0.3 is 14.8 Å². The van der Waals surface area contributed by atoms with Gasteiger partial charge in [-0.3, -0.25) is 13.9 Å². The lowest BCUT2D eigenvalue weighted by Crippen LogP contribution is -2.17. The van der Waals surface area contributed by atoms with Crippen LogP contribution < -0.4 is 14.8 Å². The highest BCUT2D eigenvalue weighted by molar-refractivity contribution is 8.27. The van der Waals surface area contributed by atoms with Crippen molar-refractivity contribution in [3.63, 3.8) is 0 Å². The van der Waals surface area contributed by atoms with Crippen molar-refractivity contribution < 1.29 is 23.4 Å². The Morgan fingerprint density at radius 1 is 1.08 bits per heavy atom. The molecule has 4 rings (SSSR count). The molecule has 0 aromatic heterocycles. The molecular weight excluding hydrogens is 342 g/mol. The number of hydrogen-bond acceptors (Lipinski definition) is 5. The number of benzene rings is 2. The molecular formula is C18H17NO5S. The first kappa shape index (κ1) is 16.0. The summed E-state index contributed by atoms with van der Waals surface area (Å²) in [5.41, 5.74) is 2.10. The van der Waals surface area contributed by atoms with E-state index in [-0.39, 0.29) is 12.3 Å². The van der Waals surface area contributed by atoms with Gasteiger partial charge in [0.25, 0.3) is 0 Å². The molecule has 0 unspecified atom stereocenters. The first-order valence-corrected chi connectivity index (χ1v) is 9.41. The summed E-state index contributed by atoms with van der Waals surface area (Å²) >= 11 is 0. The van der Waals surface area contributed by atoms with Crippen LogP contribution in [0.25, 0.3) is 6.08 Å².